The molecule has 1 aromatic carbocycles. The summed E-state index contributed by atoms with van der Waals surface area (Å²) in [5.74, 6) is -0.177. The SMILES string of the molecule is CCN(CC)Cc1ccc(C(=O)N[C@H](C)C(=O)N2CCCC2)cc1. The third-order valence-electron chi connectivity index (χ3n) is 4.65. The highest BCUT2D eigenvalue weighted by Crippen LogP contribution is 2.11. The summed E-state index contributed by atoms with van der Waals surface area (Å²) >= 11 is 0. The van der Waals surface area contributed by atoms with Crippen molar-refractivity contribution in [3.8, 4) is 0 Å². The summed E-state index contributed by atoms with van der Waals surface area (Å²) in [5.41, 5.74) is 1.79. The zero-order valence-electron chi connectivity index (χ0n) is 15.0. The molecule has 0 bridgehead atoms. The first-order valence-corrected chi connectivity index (χ1v) is 8.96. The zero-order valence-corrected chi connectivity index (χ0v) is 15.0. The molecule has 0 saturated carbocycles. The van der Waals surface area contributed by atoms with Gasteiger partial charge in [0.05, 0.1) is 0 Å². The summed E-state index contributed by atoms with van der Waals surface area (Å²) in [6.07, 6.45) is 2.11. The van der Waals surface area contributed by atoms with E-state index in [1.807, 2.05) is 29.2 Å². The van der Waals surface area contributed by atoms with Crippen LogP contribution in [-0.2, 0) is 11.3 Å². The number of carbonyl (C=O) groups is 2. The maximum Gasteiger partial charge on any atom is 0.251 e. The summed E-state index contributed by atoms with van der Waals surface area (Å²) in [6.45, 7) is 10.6. The van der Waals surface area contributed by atoms with Crippen molar-refractivity contribution in [1.82, 2.24) is 15.1 Å². The molecule has 1 saturated heterocycles. The van der Waals surface area contributed by atoms with E-state index in [0.717, 1.165) is 45.6 Å². The standard InChI is InChI=1S/C19H29N3O2/c1-4-21(5-2)14-16-8-10-17(11-9-16)18(23)20-15(3)19(24)22-12-6-7-13-22/h8-11,15H,4-7,12-14H2,1-3H3,(H,20,23)/t15-/m1/s1. The highest BCUT2D eigenvalue weighted by atomic mass is 16.2. The Morgan fingerprint density at radius 2 is 1.71 bits per heavy atom. The normalized spacial score (nSPS) is 15.6. The average Bonchev–Trinajstić information content (AvgIpc) is 3.13. The maximum absolute atomic E-state index is 12.3. The van der Waals surface area contributed by atoms with Crippen molar-refractivity contribution in [2.75, 3.05) is 26.2 Å². The van der Waals surface area contributed by atoms with E-state index in [-0.39, 0.29) is 11.8 Å². The Morgan fingerprint density at radius 1 is 1.12 bits per heavy atom. The van der Waals surface area contributed by atoms with Gasteiger partial charge in [-0.3, -0.25) is 14.5 Å². The van der Waals surface area contributed by atoms with Crippen LogP contribution in [0.15, 0.2) is 24.3 Å². The molecule has 0 aromatic heterocycles. The summed E-state index contributed by atoms with van der Waals surface area (Å²) < 4.78 is 0. The molecule has 132 valence electrons. The second kappa shape index (κ2) is 8.83. The van der Waals surface area contributed by atoms with Crippen molar-refractivity contribution >= 4 is 11.8 Å². The monoisotopic (exact) mass is 331 g/mol. The van der Waals surface area contributed by atoms with E-state index in [1.54, 1.807) is 6.92 Å². The molecule has 5 heteroatoms. The molecule has 1 heterocycles. The third kappa shape index (κ3) is 4.81. The van der Waals surface area contributed by atoms with Gasteiger partial charge in [-0.1, -0.05) is 26.0 Å². The summed E-state index contributed by atoms with van der Waals surface area (Å²) in [6, 6.07) is 7.16. The minimum absolute atomic E-state index is 0.0130. The number of carbonyl (C=O) groups excluding carboxylic acids is 2. The molecule has 1 atom stereocenters. The Kier molecular flexibility index (Phi) is 6.79. The zero-order chi connectivity index (χ0) is 17.5. The largest absolute Gasteiger partial charge is 0.341 e. The van der Waals surface area contributed by atoms with Gasteiger partial charge in [-0.25, -0.2) is 0 Å². The number of likely N-dealkylation sites (tertiary alicyclic amines) is 1. The summed E-state index contributed by atoms with van der Waals surface area (Å²) in [5, 5.41) is 2.81. The van der Waals surface area contributed by atoms with Gasteiger partial charge in [-0.05, 0) is 50.6 Å². The smallest absolute Gasteiger partial charge is 0.251 e. The van der Waals surface area contributed by atoms with E-state index in [2.05, 4.69) is 24.1 Å². The fourth-order valence-corrected chi connectivity index (χ4v) is 3.02. The van der Waals surface area contributed by atoms with Crippen LogP contribution in [0.1, 0.15) is 49.5 Å². The lowest BCUT2D eigenvalue weighted by Crippen LogP contribution is -2.45. The second-order valence-corrected chi connectivity index (χ2v) is 6.39. The minimum atomic E-state index is -0.481. The Bertz CT molecular complexity index is 546. The van der Waals surface area contributed by atoms with Gasteiger partial charge in [0, 0.05) is 25.2 Å². The Hall–Kier alpha value is -1.88. The quantitative estimate of drug-likeness (QED) is 0.834. The van der Waals surface area contributed by atoms with Crippen LogP contribution in [0.4, 0.5) is 0 Å². The molecule has 1 N–H and O–H groups in total. The van der Waals surface area contributed by atoms with Crippen LogP contribution in [0.2, 0.25) is 0 Å². The van der Waals surface area contributed by atoms with Gasteiger partial charge in [0.25, 0.3) is 5.91 Å². The highest BCUT2D eigenvalue weighted by Gasteiger charge is 2.24. The van der Waals surface area contributed by atoms with E-state index < -0.39 is 6.04 Å². The molecule has 0 unspecified atom stereocenters. The van der Waals surface area contributed by atoms with Crippen molar-refractivity contribution in [3.63, 3.8) is 0 Å². The molecular weight excluding hydrogens is 302 g/mol. The molecule has 2 amide bonds. The first-order chi connectivity index (χ1) is 11.5. The van der Waals surface area contributed by atoms with Crippen LogP contribution in [-0.4, -0.2) is 53.8 Å². The van der Waals surface area contributed by atoms with Gasteiger partial charge in [-0.15, -0.1) is 0 Å². The first-order valence-electron chi connectivity index (χ1n) is 8.96. The Labute approximate surface area is 145 Å². The number of hydrogen-bond acceptors (Lipinski definition) is 3. The molecule has 1 aromatic rings. The van der Waals surface area contributed by atoms with Gasteiger partial charge in [-0.2, -0.15) is 0 Å². The van der Waals surface area contributed by atoms with Gasteiger partial charge in [0.2, 0.25) is 5.91 Å². The molecule has 0 radical (unpaired) electrons. The molecular formula is C19H29N3O2. The van der Waals surface area contributed by atoms with Crippen molar-refractivity contribution in [2.24, 2.45) is 0 Å². The molecule has 24 heavy (non-hydrogen) atoms. The molecule has 2 rings (SSSR count). The van der Waals surface area contributed by atoms with Crippen LogP contribution in [0.25, 0.3) is 0 Å². The first kappa shape index (κ1) is 18.5. The minimum Gasteiger partial charge on any atom is -0.341 e. The van der Waals surface area contributed by atoms with Crippen molar-refractivity contribution in [1.29, 1.82) is 0 Å². The lowest BCUT2D eigenvalue weighted by molar-refractivity contribution is -0.131. The van der Waals surface area contributed by atoms with E-state index in [9.17, 15) is 9.59 Å². The fraction of sp³-hybridized carbons (Fsp3) is 0.579. The maximum atomic E-state index is 12.3. The summed E-state index contributed by atoms with van der Waals surface area (Å²) in [7, 11) is 0. The van der Waals surface area contributed by atoms with Crippen LogP contribution >= 0.6 is 0 Å². The van der Waals surface area contributed by atoms with Gasteiger partial charge >= 0.3 is 0 Å². The molecule has 1 fully saturated rings. The predicted octanol–water partition coefficient (Wildman–Crippen LogP) is 2.27. The van der Waals surface area contributed by atoms with Gasteiger partial charge < -0.3 is 10.2 Å². The topological polar surface area (TPSA) is 52.7 Å². The number of nitrogens with zero attached hydrogens (tertiary/aromatic N) is 2. The lowest BCUT2D eigenvalue weighted by Gasteiger charge is -2.21. The number of benzene rings is 1. The fourth-order valence-electron chi connectivity index (χ4n) is 3.02. The molecule has 1 aliphatic heterocycles. The van der Waals surface area contributed by atoms with E-state index in [1.165, 1.54) is 5.56 Å². The van der Waals surface area contributed by atoms with E-state index in [0.29, 0.717) is 5.56 Å². The summed E-state index contributed by atoms with van der Waals surface area (Å²) in [4.78, 5) is 28.7. The molecule has 1 aliphatic rings. The Balaban J connectivity index is 1.90. The number of hydrogen-bond donors (Lipinski definition) is 1. The predicted molar refractivity (Wildman–Crippen MR) is 95.8 cm³/mol. The second-order valence-electron chi connectivity index (χ2n) is 6.39. The van der Waals surface area contributed by atoms with Crippen molar-refractivity contribution < 1.29 is 9.59 Å². The van der Waals surface area contributed by atoms with E-state index in [4.69, 9.17) is 0 Å². The van der Waals surface area contributed by atoms with Crippen LogP contribution < -0.4 is 5.32 Å². The van der Waals surface area contributed by atoms with Crippen LogP contribution in [0, 0.1) is 0 Å². The molecule has 0 spiro atoms. The van der Waals surface area contributed by atoms with Crippen LogP contribution in [0.3, 0.4) is 0 Å². The number of rotatable bonds is 7. The Morgan fingerprint density at radius 3 is 2.25 bits per heavy atom. The van der Waals surface area contributed by atoms with Crippen LogP contribution in [0.5, 0.6) is 0 Å². The number of nitrogens with one attached hydrogen (secondary N) is 1. The molecule has 0 aliphatic carbocycles. The van der Waals surface area contributed by atoms with Crippen molar-refractivity contribution in [3.05, 3.63) is 35.4 Å². The van der Waals surface area contributed by atoms with Gasteiger partial charge in [0.15, 0.2) is 0 Å². The number of amides is 2. The highest BCUT2D eigenvalue weighted by molar-refractivity contribution is 5.97. The lowest BCUT2D eigenvalue weighted by atomic mass is 10.1. The van der Waals surface area contributed by atoms with E-state index >= 15 is 0 Å². The molecule has 5 nitrogen and oxygen atoms in total. The average molecular weight is 331 g/mol. The van der Waals surface area contributed by atoms with Crippen molar-refractivity contribution in [2.45, 2.75) is 46.2 Å². The van der Waals surface area contributed by atoms with Gasteiger partial charge in [0.1, 0.15) is 6.04 Å². The third-order valence-corrected chi connectivity index (χ3v) is 4.65.